The first kappa shape index (κ1) is 15.5. The van der Waals surface area contributed by atoms with Crippen LogP contribution in [0.1, 0.15) is 32.6 Å². The Hall–Kier alpha value is -1.40. The van der Waals surface area contributed by atoms with Gasteiger partial charge in [0.15, 0.2) is 0 Å². The van der Waals surface area contributed by atoms with Gasteiger partial charge in [0.25, 0.3) is 0 Å². The summed E-state index contributed by atoms with van der Waals surface area (Å²) in [5, 5.41) is 0. The average Bonchev–Trinajstić information content (AvgIpc) is 3.08. The van der Waals surface area contributed by atoms with Crippen LogP contribution in [0.3, 0.4) is 0 Å². The van der Waals surface area contributed by atoms with E-state index in [4.69, 9.17) is 14.2 Å². The van der Waals surface area contributed by atoms with Gasteiger partial charge >= 0.3 is 0 Å². The van der Waals surface area contributed by atoms with Crippen molar-refractivity contribution in [2.24, 2.45) is 0 Å². The number of anilines is 1. The van der Waals surface area contributed by atoms with Gasteiger partial charge in [-0.2, -0.15) is 0 Å². The second-order valence-corrected chi connectivity index (χ2v) is 5.80. The number of hydrogen-bond donors (Lipinski definition) is 0. The molecule has 1 aromatic heterocycles. The topological polar surface area (TPSA) is 56.7 Å². The molecule has 0 radical (unpaired) electrons. The fraction of sp³-hybridized carbons (Fsp3) is 0.750. The quantitative estimate of drug-likeness (QED) is 0.801. The molecular formula is C16H25N3O3. The van der Waals surface area contributed by atoms with E-state index >= 15 is 0 Å². The smallest absolute Gasteiger partial charge is 0.218 e. The van der Waals surface area contributed by atoms with Crippen LogP contribution in [-0.4, -0.2) is 55.1 Å². The average molecular weight is 307 g/mol. The summed E-state index contributed by atoms with van der Waals surface area (Å²) >= 11 is 0. The zero-order chi connectivity index (χ0) is 15.2. The maximum atomic E-state index is 6.00. The van der Waals surface area contributed by atoms with Crippen molar-refractivity contribution in [1.82, 2.24) is 9.97 Å². The van der Waals surface area contributed by atoms with Crippen molar-refractivity contribution in [2.75, 3.05) is 37.8 Å². The molecule has 6 nitrogen and oxygen atoms in total. The van der Waals surface area contributed by atoms with Crippen LogP contribution in [0.15, 0.2) is 12.4 Å². The summed E-state index contributed by atoms with van der Waals surface area (Å²) in [6, 6.07) is 1.91. The predicted molar refractivity (Wildman–Crippen MR) is 83.4 cm³/mol. The van der Waals surface area contributed by atoms with Crippen LogP contribution >= 0.6 is 0 Å². The van der Waals surface area contributed by atoms with Crippen LogP contribution in [0.2, 0.25) is 0 Å². The number of rotatable bonds is 6. The summed E-state index contributed by atoms with van der Waals surface area (Å²) in [7, 11) is 0. The number of aromatic nitrogens is 2. The van der Waals surface area contributed by atoms with Crippen molar-refractivity contribution in [2.45, 2.75) is 44.8 Å². The molecule has 2 aliphatic heterocycles. The normalized spacial score (nSPS) is 23.0. The predicted octanol–water partition coefficient (Wildman–Crippen LogP) is 2.04. The molecule has 1 unspecified atom stereocenters. The molecule has 0 aromatic carbocycles. The lowest BCUT2D eigenvalue weighted by Gasteiger charge is -2.33. The third kappa shape index (κ3) is 4.08. The van der Waals surface area contributed by atoms with E-state index in [9.17, 15) is 0 Å². The summed E-state index contributed by atoms with van der Waals surface area (Å²) in [6.45, 7) is 6.13. The van der Waals surface area contributed by atoms with Gasteiger partial charge in [-0.05, 0) is 32.6 Å². The standard InChI is InChI=1S/C16H25N3O3/c1-2-20-16-10-15(17-12-18-16)19-7-5-13(6-8-19)22-11-14-4-3-9-21-14/h10,12-14H,2-9,11H2,1H3. The van der Waals surface area contributed by atoms with Gasteiger partial charge in [-0.25, -0.2) is 9.97 Å². The highest BCUT2D eigenvalue weighted by molar-refractivity contribution is 5.41. The molecule has 0 aliphatic carbocycles. The lowest BCUT2D eigenvalue weighted by Crippen LogP contribution is -2.38. The second kappa shape index (κ2) is 7.74. The summed E-state index contributed by atoms with van der Waals surface area (Å²) < 4.78 is 17.0. The van der Waals surface area contributed by atoms with Gasteiger partial charge in [0.1, 0.15) is 12.1 Å². The van der Waals surface area contributed by atoms with E-state index in [0.29, 0.717) is 24.7 Å². The molecule has 2 saturated heterocycles. The van der Waals surface area contributed by atoms with E-state index in [-0.39, 0.29) is 0 Å². The molecule has 2 fully saturated rings. The van der Waals surface area contributed by atoms with Crippen molar-refractivity contribution in [3.8, 4) is 5.88 Å². The van der Waals surface area contributed by atoms with Crippen LogP contribution in [-0.2, 0) is 9.47 Å². The zero-order valence-electron chi connectivity index (χ0n) is 13.2. The fourth-order valence-electron chi connectivity index (χ4n) is 3.00. The van der Waals surface area contributed by atoms with Crippen LogP contribution in [0.5, 0.6) is 5.88 Å². The highest BCUT2D eigenvalue weighted by Crippen LogP contribution is 2.22. The molecule has 6 heteroatoms. The number of ether oxygens (including phenoxy) is 3. The van der Waals surface area contributed by atoms with Gasteiger partial charge in [-0.1, -0.05) is 0 Å². The molecule has 0 N–H and O–H groups in total. The molecule has 1 aromatic rings. The van der Waals surface area contributed by atoms with Crippen molar-refractivity contribution >= 4 is 5.82 Å². The third-order valence-electron chi connectivity index (χ3n) is 4.23. The molecule has 2 aliphatic rings. The number of nitrogens with zero attached hydrogens (tertiary/aromatic N) is 3. The largest absolute Gasteiger partial charge is 0.478 e. The summed E-state index contributed by atoms with van der Waals surface area (Å²) in [6.07, 6.45) is 6.59. The number of hydrogen-bond acceptors (Lipinski definition) is 6. The highest BCUT2D eigenvalue weighted by Gasteiger charge is 2.23. The minimum atomic E-state index is 0.314. The van der Waals surface area contributed by atoms with E-state index in [1.165, 1.54) is 6.42 Å². The van der Waals surface area contributed by atoms with Crippen LogP contribution in [0, 0.1) is 0 Å². The first-order valence-electron chi connectivity index (χ1n) is 8.28. The maximum Gasteiger partial charge on any atom is 0.218 e. The van der Waals surface area contributed by atoms with Crippen LogP contribution in [0.4, 0.5) is 5.82 Å². The van der Waals surface area contributed by atoms with Crippen LogP contribution in [0.25, 0.3) is 0 Å². The molecule has 0 bridgehead atoms. The zero-order valence-corrected chi connectivity index (χ0v) is 13.2. The second-order valence-electron chi connectivity index (χ2n) is 5.80. The van der Waals surface area contributed by atoms with Crippen molar-refractivity contribution in [1.29, 1.82) is 0 Å². The Kier molecular flexibility index (Phi) is 5.45. The van der Waals surface area contributed by atoms with E-state index in [2.05, 4.69) is 14.9 Å². The van der Waals surface area contributed by atoms with Gasteiger partial charge in [-0.3, -0.25) is 0 Å². The minimum absolute atomic E-state index is 0.314. The third-order valence-corrected chi connectivity index (χ3v) is 4.23. The van der Waals surface area contributed by atoms with Gasteiger partial charge in [0.05, 0.1) is 25.4 Å². The first-order valence-corrected chi connectivity index (χ1v) is 8.28. The Bertz CT molecular complexity index is 458. The molecule has 3 rings (SSSR count). The van der Waals surface area contributed by atoms with E-state index in [0.717, 1.165) is 51.4 Å². The first-order chi connectivity index (χ1) is 10.8. The van der Waals surface area contributed by atoms with Gasteiger partial charge in [0.2, 0.25) is 5.88 Å². The molecule has 0 amide bonds. The lowest BCUT2D eigenvalue weighted by atomic mass is 10.1. The molecule has 0 spiro atoms. The van der Waals surface area contributed by atoms with Crippen molar-refractivity contribution in [3.05, 3.63) is 12.4 Å². The molecule has 3 heterocycles. The van der Waals surface area contributed by atoms with Crippen molar-refractivity contribution in [3.63, 3.8) is 0 Å². The Balaban J connectivity index is 1.45. The summed E-state index contributed by atoms with van der Waals surface area (Å²) in [5.74, 6) is 1.58. The van der Waals surface area contributed by atoms with E-state index < -0.39 is 0 Å². The Morgan fingerprint density at radius 1 is 1.27 bits per heavy atom. The Labute approximate surface area is 131 Å². The Morgan fingerprint density at radius 2 is 2.14 bits per heavy atom. The monoisotopic (exact) mass is 307 g/mol. The van der Waals surface area contributed by atoms with Crippen LogP contribution < -0.4 is 9.64 Å². The molecule has 1 atom stereocenters. The van der Waals surface area contributed by atoms with E-state index in [1.807, 2.05) is 13.0 Å². The summed E-state index contributed by atoms with van der Waals surface area (Å²) in [4.78, 5) is 10.7. The number of piperidine rings is 1. The lowest BCUT2D eigenvalue weighted by molar-refractivity contribution is -0.0280. The van der Waals surface area contributed by atoms with Gasteiger partial charge in [0, 0.05) is 25.8 Å². The Morgan fingerprint density at radius 3 is 2.86 bits per heavy atom. The molecule has 22 heavy (non-hydrogen) atoms. The molecular weight excluding hydrogens is 282 g/mol. The highest BCUT2D eigenvalue weighted by atomic mass is 16.5. The summed E-state index contributed by atoms with van der Waals surface area (Å²) in [5.41, 5.74) is 0. The van der Waals surface area contributed by atoms with Gasteiger partial charge < -0.3 is 19.1 Å². The van der Waals surface area contributed by atoms with Crippen molar-refractivity contribution < 1.29 is 14.2 Å². The van der Waals surface area contributed by atoms with Gasteiger partial charge in [-0.15, -0.1) is 0 Å². The minimum Gasteiger partial charge on any atom is -0.478 e. The fourth-order valence-corrected chi connectivity index (χ4v) is 3.00. The maximum absolute atomic E-state index is 6.00. The van der Waals surface area contributed by atoms with E-state index in [1.54, 1.807) is 6.33 Å². The SMILES string of the molecule is CCOc1cc(N2CCC(OCC3CCCO3)CC2)ncn1. The molecule has 0 saturated carbocycles. The molecule has 122 valence electrons.